The molecule has 0 radical (unpaired) electrons. The fraction of sp³-hybridized carbons (Fsp3) is 0.235. The van der Waals surface area contributed by atoms with Gasteiger partial charge >= 0.3 is 0 Å². The Morgan fingerprint density at radius 3 is 2.71 bits per heavy atom. The van der Waals surface area contributed by atoms with Crippen LogP contribution >= 0.6 is 11.3 Å². The molecule has 0 amide bonds. The van der Waals surface area contributed by atoms with Gasteiger partial charge in [0.25, 0.3) is 0 Å². The number of hydrogen-bond donors (Lipinski definition) is 1. The van der Waals surface area contributed by atoms with Crippen molar-refractivity contribution in [3.63, 3.8) is 0 Å². The molecule has 3 rings (SSSR count). The van der Waals surface area contributed by atoms with Crippen LogP contribution in [0.15, 0.2) is 59.3 Å². The Labute approximate surface area is 128 Å². The van der Waals surface area contributed by atoms with Crippen LogP contribution in [0.4, 0.5) is 0 Å². The van der Waals surface area contributed by atoms with Gasteiger partial charge in [-0.05, 0) is 24.1 Å². The van der Waals surface area contributed by atoms with E-state index >= 15 is 0 Å². The molecule has 0 saturated heterocycles. The standard InChI is InChI=1S/C17H18N2OS/c1-2-16-18-11-14(21-16)12-19-17(15-9-6-10-20-15)13-7-4-3-5-8-13/h3-11,17,19H,2,12H2,1H3. The van der Waals surface area contributed by atoms with Gasteiger partial charge in [0.1, 0.15) is 5.76 Å². The van der Waals surface area contributed by atoms with Gasteiger partial charge in [0.05, 0.1) is 17.3 Å². The van der Waals surface area contributed by atoms with Gasteiger partial charge in [-0.3, -0.25) is 5.32 Å². The van der Waals surface area contributed by atoms with Crippen LogP contribution in [0, 0.1) is 0 Å². The van der Waals surface area contributed by atoms with Crippen molar-refractivity contribution in [1.82, 2.24) is 10.3 Å². The van der Waals surface area contributed by atoms with E-state index in [4.69, 9.17) is 4.42 Å². The highest BCUT2D eigenvalue weighted by molar-refractivity contribution is 7.11. The summed E-state index contributed by atoms with van der Waals surface area (Å²) >= 11 is 1.76. The highest BCUT2D eigenvalue weighted by atomic mass is 32.1. The second-order valence-corrected chi connectivity index (χ2v) is 6.01. The lowest BCUT2D eigenvalue weighted by atomic mass is 10.0. The van der Waals surface area contributed by atoms with E-state index in [0.717, 1.165) is 18.7 Å². The van der Waals surface area contributed by atoms with E-state index in [-0.39, 0.29) is 6.04 Å². The molecule has 3 aromatic rings. The maximum atomic E-state index is 5.59. The summed E-state index contributed by atoms with van der Waals surface area (Å²) in [5.41, 5.74) is 1.20. The van der Waals surface area contributed by atoms with Crippen LogP contribution in [0.25, 0.3) is 0 Å². The number of nitrogens with one attached hydrogen (secondary N) is 1. The zero-order chi connectivity index (χ0) is 14.5. The van der Waals surface area contributed by atoms with Gasteiger partial charge in [-0.25, -0.2) is 4.98 Å². The van der Waals surface area contributed by atoms with Gasteiger partial charge in [-0.2, -0.15) is 0 Å². The molecule has 0 bridgehead atoms. The summed E-state index contributed by atoms with van der Waals surface area (Å²) < 4.78 is 5.59. The normalized spacial score (nSPS) is 12.4. The van der Waals surface area contributed by atoms with Crippen LogP contribution in [0.3, 0.4) is 0 Å². The molecule has 0 aliphatic carbocycles. The van der Waals surface area contributed by atoms with E-state index in [0.29, 0.717) is 0 Å². The number of hydrogen-bond acceptors (Lipinski definition) is 4. The van der Waals surface area contributed by atoms with Crippen LogP contribution in [-0.4, -0.2) is 4.98 Å². The van der Waals surface area contributed by atoms with Crippen molar-refractivity contribution in [2.45, 2.75) is 25.9 Å². The first-order valence-electron chi connectivity index (χ1n) is 7.12. The van der Waals surface area contributed by atoms with Crippen molar-refractivity contribution in [3.05, 3.63) is 76.1 Å². The molecule has 1 unspecified atom stereocenters. The van der Waals surface area contributed by atoms with Gasteiger partial charge < -0.3 is 4.42 Å². The largest absolute Gasteiger partial charge is 0.467 e. The Bertz CT molecular complexity index is 661. The maximum absolute atomic E-state index is 5.59. The minimum Gasteiger partial charge on any atom is -0.467 e. The second kappa shape index (κ2) is 6.70. The lowest BCUT2D eigenvalue weighted by Gasteiger charge is -2.16. The summed E-state index contributed by atoms with van der Waals surface area (Å²) in [6, 6.07) is 14.4. The van der Waals surface area contributed by atoms with Gasteiger partial charge in [0, 0.05) is 17.6 Å². The zero-order valence-electron chi connectivity index (χ0n) is 12.0. The predicted octanol–water partition coefficient (Wildman–Crippen LogP) is 4.18. The van der Waals surface area contributed by atoms with Gasteiger partial charge in [0.15, 0.2) is 0 Å². The second-order valence-electron chi connectivity index (χ2n) is 4.81. The molecule has 4 heteroatoms. The molecule has 0 aliphatic rings. The molecule has 3 nitrogen and oxygen atoms in total. The average Bonchev–Trinajstić information content (AvgIpc) is 3.20. The molecule has 21 heavy (non-hydrogen) atoms. The fourth-order valence-corrected chi connectivity index (χ4v) is 3.09. The molecular formula is C17H18N2OS. The lowest BCUT2D eigenvalue weighted by Crippen LogP contribution is -2.21. The van der Waals surface area contributed by atoms with E-state index in [1.165, 1.54) is 15.4 Å². The van der Waals surface area contributed by atoms with E-state index in [1.54, 1.807) is 17.6 Å². The lowest BCUT2D eigenvalue weighted by molar-refractivity contribution is 0.446. The molecule has 1 aromatic carbocycles. The number of rotatable bonds is 6. The monoisotopic (exact) mass is 298 g/mol. The van der Waals surface area contributed by atoms with E-state index in [1.807, 2.05) is 24.4 Å². The quantitative estimate of drug-likeness (QED) is 0.742. The minimum absolute atomic E-state index is 0.0633. The molecular weight excluding hydrogens is 280 g/mol. The van der Waals surface area contributed by atoms with Crippen LogP contribution in [0.2, 0.25) is 0 Å². The smallest absolute Gasteiger partial charge is 0.125 e. The van der Waals surface area contributed by atoms with Gasteiger partial charge in [0.2, 0.25) is 0 Å². The number of aryl methyl sites for hydroxylation is 1. The number of furan rings is 1. The predicted molar refractivity (Wildman–Crippen MR) is 85.3 cm³/mol. The molecule has 1 atom stereocenters. The van der Waals surface area contributed by atoms with Gasteiger partial charge in [-0.15, -0.1) is 11.3 Å². The molecule has 0 aliphatic heterocycles. The van der Waals surface area contributed by atoms with Crippen molar-refractivity contribution in [1.29, 1.82) is 0 Å². The Kier molecular flexibility index (Phi) is 4.48. The summed E-state index contributed by atoms with van der Waals surface area (Å²) in [7, 11) is 0. The molecule has 0 fully saturated rings. The van der Waals surface area contributed by atoms with E-state index in [2.05, 4.69) is 41.5 Å². The van der Waals surface area contributed by atoms with Crippen molar-refractivity contribution in [2.24, 2.45) is 0 Å². The maximum Gasteiger partial charge on any atom is 0.125 e. The third-order valence-corrected chi connectivity index (χ3v) is 4.49. The molecule has 108 valence electrons. The first-order chi connectivity index (χ1) is 10.4. The fourth-order valence-electron chi connectivity index (χ4n) is 2.28. The highest BCUT2D eigenvalue weighted by Crippen LogP contribution is 2.23. The summed E-state index contributed by atoms with van der Waals surface area (Å²) in [5, 5.41) is 4.75. The van der Waals surface area contributed by atoms with Crippen LogP contribution in [-0.2, 0) is 13.0 Å². The van der Waals surface area contributed by atoms with Crippen molar-refractivity contribution < 1.29 is 4.42 Å². The van der Waals surface area contributed by atoms with Crippen LogP contribution < -0.4 is 5.32 Å². The summed E-state index contributed by atoms with van der Waals surface area (Å²) in [6.45, 7) is 2.92. The number of thiazole rings is 1. The topological polar surface area (TPSA) is 38.1 Å². The van der Waals surface area contributed by atoms with Crippen molar-refractivity contribution in [3.8, 4) is 0 Å². The summed E-state index contributed by atoms with van der Waals surface area (Å²) in [5.74, 6) is 0.932. The Balaban J connectivity index is 1.77. The molecule has 0 spiro atoms. The minimum atomic E-state index is 0.0633. The van der Waals surface area contributed by atoms with Gasteiger partial charge in [-0.1, -0.05) is 37.3 Å². The molecule has 0 saturated carbocycles. The van der Waals surface area contributed by atoms with E-state index < -0.39 is 0 Å². The third-order valence-electron chi connectivity index (χ3n) is 3.34. The third kappa shape index (κ3) is 3.40. The molecule has 1 N–H and O–H groups in total. The molecule has 2 heterocycles. The number of nitrogens with zero attached hydrogens (tertiary/aromatic N) is 1. The number of benzene rings is 1. The van der Waals surface area contributed by atoms with Crippen LogP contribution in [0.5, 0.6) is 0 Å². The highest BCUT2D eigenvalue weighted by Gasteiger charge is 2.16. The van der Waals surface area contributed by atoms with E-state index in [9.17, 15) is 0 Å². The SMILES string of the molecule is CCc1ncc(CNC(c2ccccc2)c2ccco2)s1. The average molecular weight is 298 g/mol. The summed E-state index contributed by atoms with van der Waals surface area (Å²) in [6.07, 6.45) is 4.67. The van der Waals surface area contributed by atoms with Crippen molar-refractivity contribution >= 4 is 11.3 Å². The van der Waals surface area contributed by atoms with Crippen LogP contribution in [0.1, 0.15) is 34.2 Å². The first-order valence-corrected chi connectivity index (χ1v) is 7.93. The molecule has 2 aromatic heterocycles. The Morgan fingerprint density at radius 1 is 1.19 bits per heavy atom. The summed E-state index contributed by atoms with van der Waals surface area (Å²) in [4.78, 5) is 5.65. The first kappa shape index (κ1) is 14.0. The van der Waals surface area contributed by atoms with Crippen molar-refractivity contribution in [2.75, 3.05) is 0 Å². The Morgan fingerprint density at radius 2 is 2.05 bits per heavy atom. The number of aromatic nitrogens is 1. The zero-order valence-corrected chi connectivity index (χ0v) is 12.8. The Hall–Kier alpha value is -1.91.